The van der Waals surface area contributed by atoms with Crippen LogP contribution in [0.4, 0.5) is 0 Å². The first kappa shape index (κ1) is 52.4. The Morgan fingerprint density at radius 1 is 0.685 bits per heavy atom. The maximum atomic E-state index is 12.7. The number of phosphoric ester groups is 1. The molecule has 1 N–H and O–H groups in total. The smallest absolute Gasteiger partial charge is 0.306 e. The van der Waals surface area contributed by atoms with Gasteiger partial charge in [-0.15, -0.1) is 0 Å². The molecule has 0 saturated heterocycles. The van der Waals surface area contributed by atoms with Crippen molar-refractivity contribution in [3.63, 3.8) is 0 Å². The summed E-state index contributed by atoms with van der Waals surface area (Å²) in [5.41, 5.74) is 0. The van der Waals surface area contributed by atoms with Crippen LogP contribution in [0.25, 0.3) is 0 Å². The molecule has 54 heavy (non-hydrogen) atoms. The van der Waals surface area contributed by atoms with Crippen molar-refractivity contribution >= 4 is 19.8 Å². The Hall–Kier alpha value is -1.59. The Balaban J connectivity index is 4.53. The molecule has 3 atom stereocenters. The molecule has 0 aromatic carbocycles. The number of phosphoric acid groups is 1. The summed E-state index contributed by atoms with van der Waals surface area (Å²) in [6, 6.07) is 0. The van der Waals surface area contributed by atoms with Crippen LogP contribution in [0, 0.1) is 0 Å². The molecule has 0 aromatic heterocycles. The van der Waals surface area contributed by atoms with Gasteiger partial charge in [0.1, 0.15) is 25.9 Å². The number of ether oxygens (including phenoxy) is 2. The molecule has 0 saturated carbocycles. The van der Waals surface area contributed by atoms with Crippen LogP contribution >= 0.6 is 7.82 Å². The Morgan fingerprint density at radius 3 is 1.76 bits per heavy atom. The molecule has 0 rings (SSSR count). The monoisotopic (exact) mass is 790 g/mol. The molecule has 0 aliphatic carbocycles. The van der Waals surface area contributed by atoms with Gasteiger partial charge in [-0.3, -0.25) is 19.4 Å². The van der Waals surface area contributed by atoms with E-state index in [1.165, 1.54) is 83.5 Å². The molecular weight excluding hydrogens is 709 g/mol. The number of esters is 2. The predicted octanol–water partition coefficient (Wildman–Crippen LogP) is 10.4. The maximum absolute atomic E-state index is 12.7. The minimum atomic E-state index is -4.65. The van der Waals surface area contributed by atoms with Gasteiger partial charge in [0.15, 0.2) is 6.10 Å². The Bertz CT molecular complexity index is 1000. The second kappa shape index (κ2) is 35.8. The number of quaternary nitrogens is 1. The number of carbonyl (C=O) groups excluding carboxylic acids is 2. The zero-order valence-corrected chi connectivity index (χ0v) is 35.9. The fourth-order valence-electron chi connectivity index (χ4n) is 5.75. The number of hydrogen-bond acceptors (Lipinski definition) is 10. The highest BCUT2D eigenvalue weighted by Gasteiger charge is 2.21. The fraction of sp³-hybridized carbons (Fsp3) is 0.857. The van der Waals surface area contributed by atoms with Crippen molar-refractivity contribution in [3.05, 3.63) is 24.3 Å². The van der Waals surface area contributed by atoms with E-state index in [1.807, 2.05) is 39.4 Å². The molecule has 0 radical (unpaired) electrons. The predicted molar refractivity (Wildman–Crippen MR) is 216 cm³/mol. The molecule has 0 fully saturated rings. The zero-order chi connectivity index (χ0) is 40.2. The molecule has 0 aliphatic rings. The van der Waals surface area contributed by atoms with Crippen LogP contribution in [0.3, 0.4) is 0 Å². The van der Waals surface area contributed by atoms with Crippen molar-refractivity contribution in [2.45, 2.75) is 187 Å². The summed E-state index contributed by atoms with van der Waals surface area (Å²) in [6.07, 6.45) is 32.0. The first-order chi connectivity index (χ1) is 25.9. The summed E-state index contributed by atoms with van der Waals surface area (Å²) in [7, 11) is 1.09. The SMILES string of the molecule is CCCCC/C=C\C=C\C(CCCCCCCC(=O)O[C@H](COC(=O)CCCCCCCCCCCCCCC)COP(=O)([O-])OCC[N+](C)(C)C)OO. The lowest BCUT2D eigenvalue weighted by Gasteiger charge is -2.28. The Kier molecular flexibility index (Phi) is 34.7. The second-order valence-corrected chi connectivity index (χ2v) is 17.0. The van der Waals surface area contributed by atoms with Gasteiger partial charge in [-0.1, -0.05) is 154 Å². The van der Waals surface area contributed by atoms with E-state index in [-0.39, 0.29) is 32.2 Å². The van der Waals surface area contributed by atoms with Gasteiger partial charge in [0.05, 0.1) is 27.7 Å². The number of hydrogen-bond donors (Lipinski definition) is 1. The molecule has 0 amide bonds. The van der Waals surface area contributed by atoms with E-state index in [2.05, 4.69) is 24.8 Å². The van der Waals surface area contributed by atoms with E-state index in [0.717, 1.165) is 44.9 Å². The minimum absolute atomic E-state index is 0.0518. The number of likely N-dealkylation sites (N-methyl/N-ethyl adjacent to an activating group) is 1. The molecule has 0 aromatic rings. The highest BCUT2D eigenvalue weighted by molar-refractivity contribution is 7.45. The molecule has 0 spiro atoms. The minimum Gasteiger partial charge on any atom is -0.756 e. The number of nitrogens with zero attached hydrogens (tertiary/aromatic N) is 1. The van der Waals surface area contributed by atoms with Gasteiger partial charge in [0, 0.05) is 12.8 Å². The summed E-state index contributed by atoms with van der Waals surface area (Å²) >= 11 is 0. The Labute approximate surface area is 329 Å². The van der Waals surface area contributed by atoms with E-state index in [9.17, 15) is 24.3 Å². The van der Waals surface area contributed by atoms with Crippen LogP contribution in [0.2, 0.25) is 0 Å². The van der Waals surface area contributed by atoms with Gasteiger partial charge in [-0.05, 0) is 32.1 Å². The normalized spacial score (nSPS) is 14.4. The first-order valence-corrected chi connectivity index (χ1v) is 22.8. The topological polar surface area (TPSA) is 141 Å². The third kappa shape index (κ3) is 37.3. The van der Waals surface area contributed by atoms with Gasteiger partial charge < -0.3 is 27.9 Å². The zero-order valence-electron chi connectivity index (χ0n) is 35.0. The number of carbonyl (C=O) groups is 2. The molecule has 0 heterocycles. The Morgan fingerprint density at radius 2 is 1.20 bits per heavy atom. The van der Waals surface area contributed by atoms with Gasteiger partial charge >= 0.3 is 11.9 Å². The van der Waals surface area contributed by atoms with Crippen LogP contribution in [-0.4, -0.2) is 81.4 Å². The van der Waals surface area contributed by atoms with Gasteiger partial charge in [-0.2, -0.15) is 0 Å². The van der Waals surface area contributed by atoms with Crippen molar-refractivity contribution in [1.82, 2.24) is 0 Å². The molecule has 11 nitrogen and oxygen atoms in total. The molecule has 2 unspecified atom stereocenters. The summed E-state index contributed by atoms with van der Waals surface area (Å²) in [5.74, 6) is -0.920. The van der Waals surface area contributed by atoms with Crippen molar-refractivity contribution in [1.29, 1.82) is 0 Å². The summed E-state index contributed by atoms with van der Waals surface area (Å²) in [6.45, 7) is 4.03. The van der Waals surface area contributed by atoms with E-state index < -0.39 is 32.5 Å². The largest absolute Gasteiger partial charge is 0.756 e. The van der Waals surface area contributed by atoms with Crippen molar-refractivity contribution < 1.29 is 52.2 Å². The molecule has 318 valence electrons. The number of allylic oxidation sites excluding steroid dienone is 3. The number of unbranched alkanes of at least 4 members (excludes halogenated alkanes) is 19. The van der Waals surface area contributed by atoms with Crippen molar-refractivity contribution in [2.24, 2.45) is 0 Å². The highest BCUT2D eigenvalue weighted by atomic mass is 31.2. The van der Waals surface area contributed by atoms with Gasteiger partial charge in [0.25, 0.3) is 7.82 Å². The van der Waals surface area contributed by atoms with Crippen molar-refractivity contribution in [3.8, 4) is 0 Å². The van der Waals surface area contributed by atoms with Crippen molar-refractivity contribution in [2.75, 3.05) is 47.5 Å². The van der Waals surface area contributed by atoms with E-state index in [4.69, 9.17) is 18.5 Å². The summed E-state index contributed by atoms with van der Waals surface area (Å²) in [5, 5.41) is 9.20. The highest BCUT2D eigenvalue weighted by Crippen LogP contribution is 2.38. The third-order valence-electron chi connectivity index (χ3n) is 9.20. The second-order valence-electron chi connectivity index (χ2n) is 15.6. The van der Waals surface area contributed by atoms with Crippen LogP contribution in [0.1, 0.15) is 174 Å². The van der Waals surface area contributed by atoms with Gasteiger partial charge in [-0.25, -0.2) is 4.89 Å². The standard InChI is InChI=1S/C42H80NO10P/c1-6-8-10-12-14-15-16-17-18-19-21-25-29-33-41(44)49-37-40(38-51-54(47,48)50-36-35-43(3,4)5)52-42(45)34-30-26-22-24-28-32-39(53-46)31-27-23-20-13-11-9-7-2/h20,23,27,31,39-40H,6-19,21-22,24-26,28-30,32-38H2,1-5H3,(H-,46,47,48)/b23-20-,31-27+/t39?,40-/m1/s1. The molecule has 0 aliphatic heterocycles. The molecule has 12 heteroatoms. The third-order valence-corrected chi connectivity index (χ3v) is 10.2. The fourth-order valence-corrected chi connectivity index (χ4v) is 6.48. The van der Waals surface area contributed by atoms with Crippen LogP contribution in [-0.2, 0) is 37.6 Å². The average molecular weight is 790 g/mol. The van der Waals surface area contributed by atoms with Crippen LogP contribution in [0.15, 0.2) is 24.3 Å². The van der Waals surface area contributed by atoms with Gasteiger partial charge in [0.2, 0.25) is 0 Å². The first-order valence-electron chi connectivity index (χ1n) is 21.3. The summed E-state index contributed by atoms with van der Waals surface area (Å²) < 4.78 is 33.8. The lowest BCUT2D eigenvalue weighted by Crippen LogP contribution is -2.37. The molecule has 0 bridgehead atoms. The number of rotatable bonds is 39. The average Bonchev–Trinajstić information content (AvgIpc) is 3.12. The van der Waals surface area contributed by atoms with Crippen LogP contribution < -0.4 is 4.89 Å². The maximum Gasteiger partial charge on any atom is 0.306 e. The van der Waals surface area contributed by atoms with E-state index >= 15 is 0 Å². The molecular formula is C42H80NO10P. The van der Waals surface area contributed by atoms with E-state index in [0.29, 0.717) is 30.3 Å². The quantitative estimate of drug-likeness (QED) is 0.0122. The lowest BCUT2D eigenvalue weighted by atomic mass is 10.0. The lowest BCUT2D eigenvalue weighted by molar-refractivity contribution is -0.870. The van der Waals surface area contributed by atoms with E-state index in [1.54, 1.807) is 0 Å². The van der Waals surface area contributed by atoms with Crippen LogP contribution in [0.5, 0.6) is 0 Å². The summed E-state index contributed by atoms with van der Waals surface area (Å²) in [4.78, 5) is 42.1.